The van der Waals surface area contributed by atoms with Crippen LogP contribution in [-0.2, 0) is 0 Å². The van der Waals surface area contributed by atoms with Crippen LogP contribution in [0.3, 0.4) is 0 Å². The minimum Gasteiger partial charge on any atom is -0.329 e. The zero-order chi connectivity index (χ0) is 8.15. The third-order valence-electron chi connectivity index (χ3n) is 2.14. The second-order valence-electron chi connectivity index (χ2n) is 3.25. The van der Waals surface area contributed by atoms with E-state index in [1.807, 2.05) is 0 Å². The zero-order valence-electron chi connectivity index (χ0n) is 7.59. The molecule has 0 spiro atoms. The molecule has 1 unspecified atom stereocenters. The molecule has 0 aromatic heterocycles. The van der Waals surface area contributed by atoms with Gasteiger partial charge in [0.2, 0.25) is 0 Å². The molecule has 0 saturated heterocycles. The second-order valence-corrected chi connectivity index (χ2v) is 3.25. The number of nitrogens with zero attached hydrogens (tertiary/aromatic N) is 1. The Hall–Kier alpha value is -0.0800. The van der Waals surface area contributed by atoms with Crippen molar-refractivity contribution in [2.75, 3.05) is 20.1 Å². The Morgan fingerprint density at radius 2 is 1.80 bits per heavy atom. The first-order valence-corrected chi connectivity index (χ1v) is 4.00. The lowest BCUT2D eigenvalue weighted by molar-refractivity contribution is 0.213. The fourth-order valence-corrected chi connectivity index (χ4v) is 0.916. The van der Waals surface area contributed by atoms with Crippen LogP contribution in [0, 0.1) is 5.92 Å². The van der Waals surface area contributed by atoms with E-state index in [1.54, 1.807) is 0 Å². The lowest BCUT2D eigenvalue weighted by atomic mass is 10.1. The Morgan fingerprint density at radius 3 is 2.10 bits per heavy atom. The van der Waals surface area contributed by atoms with Gasteiger partial charge in [-0.3, -0.25) is 0 Å². The molecule has 10 heavy (non-hydrogen) atoms. The van der Waals surface area contributed by atoms with Gasteiger partial charge in [0, 0.05) is 19.1 Å². The smallest absolute Gasteiger partial charge is 0.0104 e. The summed E-state index contributed by atoms with van der Waals surface area (Å²) in [5.41, 5.74) is 5.43. The SMILES string of the molecule is CC(C)C(C)N(C)CCN. The summed E-state index contributed by atoms with van der Waals surface area (Å²) in [5.74, 6) is 0.719. The quantitative estimate of drug-likeness (QED) is 0.636. The van der Waals surface area contributed by atoms with Gasteiger partial charge < -0.3 is 10.6 Å². The average molecular weight is 144 g/mol. The number of hydrogen-bond donors (Lipinski definition) is 1. The first-order valence-electron chi connectivity index (χ1n) is 4.00. The normalized spacial score (nSPS) is 14.7. The van der Waals surface area contributed by atoms with Gasteiger partial charge in [-0.2, -0.15) is 0 Å². The molecule has 0 rings (SSSR count). The van der Waals surface area contributed by atoms with Crippen molar-refractivity contribution in [3.8, 4) is 0 Å². The molecule has 1 atom stereocenters. The van der Waals surface area contributed by atoms with Gasteiger partial charge in [-0.25, -0.2) is 0 Å². The highest BCUT2D eigenvalue weighted by Gasteiger charge is 2.10. The molecule has 0 aromatic carbocycles. The van der Waals surface area contributed by atoms with Crippen LogP contribution in [0.1, 0.15) is 20.8 Å². The van der Waals surface area contributed by atoms with Crippen LogP contribution >= 0.6 is 0 Å². The van der Waals surface area contributed by atoms with Crippen molar-refractivity contribution in [1.29, 1.82) is 0 Å². The van der Waals surface area contributed by atoms with Crippen LogP contribution in [0.5, 0.6) is 0 Å². The first kappa shape index (κ1) is 9.92. The van der Waals surface area contributed by atoms with Crippen molar-refractivity contribution in [2.45, 2.75) is 26.8 Å². The second kappa shape index (κ2) is 4.69. The Labute approximate surface area is 64.4 Å². The third kappa shape index (κ3) is 3.18. The lowest BCUT2D eigenvalue weighted by Crippen LogP contribution is -2.36. The maximum atomic E-state index is 5.43. The molecule has 0 heterocycles. The highest BCUT2D eigenvalue weighted by Crippen LogP contribution is 2.06. The largest absolute Gasteiger partial charge is 0.329 e. The number of hydrogen-bond acceptors (Lipinski definition) is 2. The minimum absolute atomic E-state index is 0.642. The van der Waals surface area contributed by atoms with Crippen LogP contribution in [-0.4, -0.2) is 31.1 Å². The first-order chi connectivity index (χ1) is 4.59. The van der Waals surface area contributed by atoms with Crippen molar-refractivity contribution >= 4 is 0 Å². The van der Waals surface area contributed by atoms with Crippen LogP contribution in [0.2, 0.25) is 0 Å². The molecule has 2 heteroatoms. The molecular weight excluding hydrogens is 124 g/mol. The van der Waals surface area contributed by atoms with E-state index in [1.165, 1.54) is 0 Å². The van der Waals surface area contributed by atoms with Crippen LogP contribution in [0.25, 0.3) is 0 Å². The molecule has 0 aliphatic carbocycles. The van der Waals surface area contributed by atoms with Crippen molar-refractivity contribution in [3.05, 3.63) is 0 Å². The van der Waals surface area contributed by atoms with E-state index in [0.717, 1.165) is 19.0 Å². The fourth-order valence-electron chi connectivity index (χ4n) is 0.916. The fraction of sp³-hybridized carbons (Fsp3) is 1.00. The van der Waals surface area contributed by atoms with Gasteiger partial charge in [0.15, 0.2) is 0 Å². The molecule has 2 N–H and O–H groups in total. The van der Waals surface area contributed by atoms with Gasteiger partial charge in [-0.05, 0) is 19.9 Å². The molecule has 0 aliphatic heterocycles. The minimum atomic E-state index is 0.642. The monoisotopic (exact) mass is 144 g/mol. The van der Waals surface area contributed by atoms with E-state index in [2.05, 4.69) is 32.7 Å². The average Bonchev–Trinajstić information content (AvgIpc) is 1.87. The van der Waals surface area contributed by atoms with E-state index >= 15 is 0 Å². The summed E-state index contributed by atoms with van der Waals surface area (Å²) in [4.78, 5) is 2.30. The van der Waals surface area contributed by atoms with Crippen molar-refractivity contribution in [2.24, 2.45) is 11.7 Å². The highest BCUT2D eigenvalue weighted by atomic mass is 15.1. The van der Waals surface area contributed by atoms with Crippen LogP contribution in [0.15, 0.2) is 0 Å². The number of likely N-dealkylation sites (N-methyl/N-ethyl adjacent to an activating group) is 1. The summed E-state index contributed by atoms with van der Waals surface area (Å²) in [6.45, 7) is 8.46. The maximum Gasteiger partial charge on any atom is 0.0104 e. The molecule has 2 nitrogen and oxygen atoms in total. The van der Waals surface area contributed by atoms with Gasteiger partial charge in [0.1, 0.15) is 0 Å². The zero-order valence-corrected chi connectivity index (χ0v) is 7.59. The van der Waals surface area contributed by atoms with Crippen molar-refractivity contribution in [1.82, 2.24) is 4.90 Å². The Balaban J connectivity index is 3.58. The predicted molar refractivity (Wildman–Crippen MR) is 46.0 cm³/mol. The summed E-state index contributed by atoms with van der Waals surface area (Å²) >= 11 is 0. The Kier molecular flexibility index (Phi) is 4.65. The standard InChI is InChI=1S/C8H20N2/c1-7(2)8(3)10(4)6-5-9/h7-8H,5-6,9H2,1-4H3. The van der Waals surface area contributed by atoms with E-state index in [9.17, 15) is 0 Å². The van der Waals surface area contributed by atoms with E-state index in [4.69, 9.17) is 5.73 Å². The molecule has 0 aromatic rings. The number of rotatable bonds is 4. The van der Waals surface area contributed by atoms with Gasteiger partial charge in [0.25, 0.3) is 0 Å². The van der Waals surface area contributed by atoms with Crippen molar-refractivity contribution in [3.63, 3.8) is 0 Å². The summed E-state index contributed by atoms with van der Waals surface area (Å²) in [7, 11) is 2.12. The summed E-state index contributed by atoms with van der Waals surface area (Å²) in [6, 6.07) is 0.642. The Morgan fingerprint density at radius 1 is 1.30 bits per heavy atom. The van der Waals surface area contributed by atoms with Crippen LogP contribution < -0.4 is 5.73 Å². The molecule has 0 aliphatic rings. The molecular formula is C8H20N2. The van der Waals surface area contributed by atoms with Gasteiger partial charge >= 0.3 is 0 Å². The number of nitrogens with two attached hydrogens (primary N) is 1. The molecule has 62 valence electrons. The summed E-state index contributed by atoms with van der Waals surface area (Å²) in [5, 5.41) is 0. The molecule has 0 radical (unpaired) electrons. The van der Waals surface area contributed by atoms with Gasteiger partial charge in [0.05, 0.1) is 0 Å². The summed E-state index contributed by atoms with van der Waals surface area (Å²) < 4.78 is 0. The third-order valence-corrected chi connectivity index (χ3v) is 2.14. The molecule has 0 bridgehead atoms. The molecule has 0 saturated carbocycles. The lowest BCUT2D eigenvalue weighted by Gasteiger charge is -2.26. The van der Waals surface area contributed by atoms with Crippen LogP contribution in [0.4, 0.5) is 0 Å². The highest BCUT2D eigenvalue weighted by molar-refractivity contribution is 4.66. The van der Waals surface area contributed by atoms with Gasteiger partial charge in [-0.15, -0.1) is 0 Å². The van der Waals surface area contributed by atoms with E-state index < -0.39 is 0 Å². The van der Waals surface area contributed by atoms with Gasteiger partial charge in [-0.1, -0.05) is 13.8 Å². The molecule has 0 amide bonds. The predicted octanol–water partition coefficient (Wildman–Crippen LogP) is 0.921. The van der Waals surface area contributed by atoms with Crippen molar-refractivity contribution < 1.29 is 0 Å². The maximum absolute atomic E-state index is 5.43. The topological polar surface area (TPSA) is 29.3 Å². The Bertz CT molecular complexity index is 81.3. The van der Waals surface area contributed by atoms with E-state index in [-0.39, 0.29) is 0 Å². The summed E-state index contributed by atoms with van der Waals surface area (Å²) in [6.07, 6.45) is 0. The van der Waals surface area contributed by atoms with E-state index in [0.29, 0.717) is 6.04 Å². The molecule has 0 fully saturated rings.